The summed E-state index contributed by atoms with van der Waals surface area (Å²) in [6.07, 6.45) is 0. The first-order valence-corrected chi connectivity index (χ1v) is 8.02. The fraction of sp³-hybridized carbons (Fsp3) is 0.143. The van der Waals surface area contributed by atoms with Crippen LogP contribution < -0.4 is 5.56 Å². The molecule has 108 valence electrons. The first-order chi connectivity index (χ1) is 10.2. The van der Waals surface area contributed by atoms with Crippen molar-refractivity contribution in [1.29, 1.82) is 0 Å². The second-order valence-corrected chi connectivity index (χ2v) is 6.19. The highest BCUT2D eigenvalue weighted by Crippen LogP contribution is 2.31. The third-order valence-corrected chi connectivity index (χ3v) is 4.59. The van der Waals surface area contributed by atoms with Crippen molar-refractivity contribution in [2.24, 2.45) is 0 Å². The van der Waals surface area contributed by atoms with Gasteiger partial charge in [-0.3, -0.25) is 9.18 Å². The number of hydrogen-bond donors (Lipinski definition) is 1. The van der Waals surface area contributed by atoms with Gasteiger partial charge in [0.15, 0.2) is 5.16 Å². The average molecular weight is 324 g/mol. The summed E-state index contributed by atoms with van der Waals surface area (Å²) < 4.78 is 25.2. The lowest BCUT2D eigenvalue weighted by molar-refractivity contribution is 0.532. The van der Waals surface area contributed by atoms with Gasteiger partial charge in [-0.05, 0) is 17.7 Å². The number of alkyl halides is 1. The number of thiophene rings is 1. The Hall–Kier alpha value is -1.73. The Morgan fingerprint density at radius 1 is 1.29 bits per heavy atom. The molecule has 0 aliphatic heterocycles. The first-order valence-electron chi connectivity index (χ1n) is 6.15. The monoisotopic (exact) mass is 324 g/mol. The summed E-state index contributed by atoms with van der Waals surface area (Å²) in [4.78, 5) is 19.8. The van der Waals surface area contributed by atoms with Crippen LogP contribution in [0.5, 0.6) is 0 Å². The normalized spacial score (nSPS) is 11.1. The van der Waals surface area contributed by atoms with E-state index in [4.69, 9.17) is 0 Å². The van der Waals surface area contributed by atoms with Crippen molar-refractivity contribution in [3.63, 3.8) is 0 Å². The molecule has 0 amide bonds. The third-order valence-electron chi connectivity index (χ3n) is 2.89. The summed E-state index contributed by atoms with van der Waals surface area (Å²) in [5, 5.41) is 2.72. The minimum absolute atomic E-state index is 0.255. The van der Waals surface area contributed by atoms with Crippen LogP contribution in [0.3, 0.4) is 0 Å². The first kappa shape index (κ1) is 14.2. The van der Waals surface area contributed by atoms with Gasteiger partial charge in [0.2, 0.25) is 0 Å². The van der Waals surface area contributed by atoms with Crippen molar-refractivity contribution in [3.05, 3.63) is 45.8 Å². The van der Waals surface area contributed by atoms with Crippen LogP contribution in [-0.2, 0) is 0 Å². The maximum absolute atomic E-state index is 13.0. The molecule has 0 saturated carbocycles. The van der Waals surface area contributed by atoms with E-state index in [2.05, 4.69) is 9.97 Å². The number of thioether (sulfide) groups is 1. The lowest BCUT2D eigenvalue weighted by Gasteiger charge is -2.01. The number of halogens is 2. The Labute approximate surface area is 127 Å². The summed E-state index contributed by atoms with van der Waals surface area (Å²) in [6.45, 7) is -0.475. The molecule has 3 aromatic rings. The van der Waals surface area contributed by atoms with Gasteiger partial charge in [-0.15, -0.1) is 11.3 Å². The lowest BCUT2D eigenvalue weighted by atomic mass is 10.1. The second-order valence-electron chi connectivity index (χ2n) is 4.24. The highest BCUT2D eigenvalue weighted by molar-refractivity contribution is 7.99. The molecule has 0 atom stereocenters. The molecule has 21 heavy (non-hydrogen) atoms. The zero-order chi connectivity index (χ0) is 14.8. The summed E-state index contributed by atoms with van der Waals surface area (Å²) in [7, 11) is 0. The molecule has 2 aromatic heterocycles. The number of hydrogen-bond acceptors (Lipinski definition) is 4. The van der Waals surface area contributed by atoms with E-state index in [0.29, 0.717) is 15.4 Å². The van der Waals surface area contributed by atoms with E-state index >= 15 is 0 Å². The van der Waals surface area contributed by atoms with Gasteiger partial charge in [0.1, 0.15) is 10.6 Å². The number of aromatic nitrogens is 2. The van der Waals surface area contributed by atoms with Gasteiger partial charge < -0.3 is 4.98 Å². The van der Waals surface area contributed by atoms with Crippen LogP contribution in [0.4, 0.5) is 8.78 Å². The van der Waals surface area contributed by atoms with E-state index in [1.165, 1.54) is 35.2 Å². The molecule has 0 aliphatic rings. The molecule has 2 heterocycles. The Kier molecular flexibility index (Phi) is 4.03. The topological polar surface area (TPSA) is 45.8 Å². The van der Waals surface area contributed by atoms with Crippen molar-refractivity contribution < 1.29 is 8.78 Å². The molecule has 0 aliphatic carbocycles. The molecule has 0 radical (unpaired) electrons. The molecule has 0 unspecified atom stereocenters. The Bertz CT molecular complexity index is 827. The van der Waals surface area contributed by atoms with Crippen LogP contribution in [0.15, 0.2) is 39.6 Å². The molecule has 0 bridgehead atoms. The maximum Gasteiger partial charge on any atom is 0.260 e. The molecule has 0 spiro atoms. The van der Waals surface area contributed by atoms with Gasteiger partial charge in [-0.2, -0.15) is 0 Å². The summed E-state index contributed by atoms with van der Waals surface area (Å²) >= 11 is 2.51. The standard InChI is InChI=1S/C14H10F2N2OS2/c15-5-6-20-14-17-12(19)11-10(7-21-13(11)18-14)8-1-3-9(16)4-2-8/h1-4,7H,5-6H2,(H,17,18,19). The van der Waals surface area contributed by atoms with Crippen molar-refractivity contribution in [2.45, 2.75) is 5.16 Å². The Morgan fingerprint density at radius 2 is 2.05 bits per heavy atom. The molecule has 0 saturated heterocycles. The predicted molar refractivity (Wildman–Crippen MR) is 82.3 cm³/mol. The smallest absolute Gasteiger partial charge is 0.260 e. The van der Waals surface area contributed by atoms with Crippen LogP contribution >= 0.6 is 23.1 Å². The van der Waals surface area contributed by atoms with Gasteiger partial charge in [-0.25, -0.2) is 9.37 Å². The second kappa shape index (κ2) is 5.95. The maximum atomic E-state index is 13.0. The van der Waals surface area contributed by atoms with E-state index < -0.39 is 6.67 Å². The van der Waals surface area contributed by atoms with E-state index in [9.17, 15) is 13.6 Å². The zero-order valence-corrected chi connectivity index (χ0v) is 12.4. The van der Waals surface area contributed by atoms with Crippen LogP contribution in [-0.4, -0.2) is 22.4 Å². The summed E-state index contributed by atoms with van der Waals surface area (Å²) in [6, 6.07) is 5.96. The zero-order valence-electron chi connectivity index (χ0n) is 10.7. The minimum atomic E-state index is -0.475. The van der Waals surface area contributed by atoms with E-state index in [0.717, 1.165) is 11.1 Å². The van der Waals surface area contributed by atoms with E-state index in [-0.39, 0.29) is 17.1 Å². The Morgan fingerprint density at radius 3 is 2.76 bits per heavy atom. The van der Waals surface area contributed by atoms with E-state index in [1.54, 1.807) is 12.1 Å². The number of nitrogens with zero attached hydrogens (tertiary/aromatic N) is 1. The molecule has 1 N–H and O–H groups in total. The van der Waals surface area contributed by atoms with Crippen LogP contribution in [0.25, 0.3) is 21.3 Å². The van der Waals surface area contributed by atoms with Crippen molar-refractivity contribution in [1.82, 2.24) is 9.97 Å². The van der Waals surface area contributed by atoms with Crippen molar-refractivity contribution in [3.8, 4) is 11.1 Å². The average Bonchev–Trinajstić information content (AvgIpc) is 2.90. The number of aromatic amines is 1. The number of benzene rings is 1. The van der Waals surface area contributed by atoms with Crippen LogP contribution in [0.1, 0.15) is 0 Å². The quantitative estimate of drug-likeness (QED) is 0.586. The SMILES string of the molecule is O=c1[nH]c(SCCF)nc2scc(-c3ccc(F)cc3)c12. The largest absolute Gasteiger partial charge is 0.301 e. The van der Waals surface area contributed by atoms with Crippen LogP contribution in [0, 0.1) is 5.82 Å². The third kappa shape index (κ3) is 2.84. The van der Waals surface area contributed by atoms with Gasteiger partial charge in [0.25, 0.3) is 5.56 Å². The van der Waals surface area contributed by atoms with Crippen molar-refractivity contribution in [2.75, 3.05) is 12.4 Å². The molecule has 0 fully saturated rings. The minimum Gasteiger partial charge on any atom is -0.301 e. The number of rotatable bonds is 4. The van der Waals surface area contributed by atoms with Crippen molar-refractivity contribution >= 4 is 33.3 Å². The van der Waals surface area contributed by atoms with Gasteiger partial charge in [0, 0.05) is 16.7 Å². The molecule has 3 nitrogen and oxygen atoms in total. The summed E-state index contributed by atoms with van der Waals surface area (Å²) in [5.74, 6) is -0.0693. The fourth-order valence-electron chi connectivity index (χ4n) is 1.97. The molecule has 7 heteroatoms. The van der Waals surface area contributed by atoms with Gasteiger partial charge >= 0.3 is 0 Å². The summed E-state index contributed by atoms with van der Waals surface area (Å²) in [5.41, 5.74) is 1.23. The number of nitrogens with one attached hydrogen (secondary N) is 1. The lowest BCUT2D eigenvalue weighted by Crippen LogP contribution is -2.08. The fourth-order valence-corrected chi connectivity index (χ4v) is 3.57. The van der Waals surface area contributed by atoms with Gasteiger partial charge in [0.05, 0.1) is 12.1 Å². The highest BCUT2D eigenvalue weighted by Gasteiger charge is 2.13. The van der Waals surface area contributed by atoms with Gasteiger partial charge in [-0.1, -0.05) is 23.9 Å². The molecule has 1 aromatic carbocycles. The Balaban J connectivity index is 2.10. The molecular weight excluding hydrogens is 314 g/mol. The molecule has 3 rings (SSSR count). The molecular formula is C14H10F2N2OS2. The number of H-pyrrole nitrogens is 1. The predicted octanol–water partition coefficient (Wildman–Crippen LogP) is 3.85. The van der Waals surface area contributed by atoms with E-state index in [1.807, 2.05) is 5.38 Å². The van der Waals surface area contributed by atoms with Crippen LogP contribution in [0.2, 0.25) is 0 Å². The number of fused-ring (bicyclic) bond motifs is 1. The highest BCUT2D eigenvalue weighted by atomic mass is 32.2.